The molecule has 100 valence electrons. The van der Waals surface area contributed by atoms with Crippen molar-refractivity contribution in [3.05, 3.63) is 22.9 Å². The molecule has 1 atom stereocenters. The van der Waals surface area contributed by atoms with E-state index in [0.717, 1.165) is 12.8 Å². The number of hydrogen-bond donors (Lipinski definition) is 1. The molecule has 0 radical (unpaired) electrons. The number of halogens is 1. The van der Waals surface area contributed by atoms with E-state index < -0.39 is 10.0 Å². The van der Waals surface area contributed by atoms with Crippen LogP contribution in [0.4, 0.5) is 0 Å². The van der Waals surface area contributed by atoms with E-state index in [2.05, 4.69) is 26.2 Å². The molecule has 1 aromatic rings. The Balaban J connectivity index is 2.30. The Labute approximate surface area is 116 Å². The number of nitrogens with zero attached hydrogens (tertiary/aromatic N) is 2. The van der Waals surface area contributed by atoms with E-state index in [0.29, 0.717) is 17.6 Å². The highest BCUT2D eigenvalue weighted by Crippen LogP contribution is 2.26. The lowest BCUT2D eigenvalue weighted by molar-refractivity contribution is 0.379. The first-order chi connectivity index (χ1) is 8.55. The van der Waals surface area contributed by atoms with E-state index in [1.54, 1.807) is 16.6 Å². The van der Waals surface area contributed by atoms with Gasteiger partial charge >= 0.3 is 0 Å². The summed E-state index contributed by atoms with van der Waals surface area (Å²) in [6, 6.07) is 1.64. The van der Waals surface area contributed by atoms with Crippen LogP contribution >= 0.6 is 15.9 Å². The second-order valence-corrected chi connectivity index (χ2v) is 7.11. The minimum atomic E-state index is -3.43. The van der Waals surface area contributed by atoms with Gasteiger partial charge in [0, 0.05) is 36.0 Å². The molecule has 0 aliphatic carbocycles. The van der Waals surface area contributed by atoms with Crippen LogP contribution in [0.5, 0.6) is 0 Å². The monoisotopic (exact) mass is 333 g/mol. The van der Waals surface area contributed by atoms with Gasteiger partial charge in [-0.1, -0.05) is 0 Å². The molecular formula is C11H16BrN3O2S. The van der Waals surface area contributed by atoms with Crippen LogP contribution in [0.15, 0.2) is 27.8 Å². The fourth-order valence-corrected chi connectivity index (χ4v) is 4.43. The van der Waals surface area contributed by atoms with Crippen molar-refractivity contribution in [3.63, 3.8) is 0 Å². The van der Waals surface area contributed by atoms with Crippen molar-refractivity contribution in [1.82, 2.24) is 14.6 Å². The van der Waals surface area contributed by atoms with Crippen LogP contribution in [-0.4, -0.2) is 43.9 Å². The van der Waals surface area contributed by atoms with Gasteiger partial charge in [0.2, 0.25) is 10.0 Å². The van der Waals surface area contributed by atoms with E-state index in [-0.39, 0.29) is 10.9 Å². The third kappa shape index (κ3) is 2.74. The minimum absolute atomic E-state index is 0.0407. The van der Waals surface area contributed by atoms with Gasteiger partial charge in [-0.15, -0.1) is 0 Å². The van der Waals surface area contributed by atoms with Crippen molar-refractivity contribution < 1.29 is 8.42 Å². The SMILES string of the molecule is CNCC1CCCN1S(=O)(=O)c1cncc(Br)c1. The van der Waals surface area contributed by atoms with Gasteiger partial charge in [0.15, 0.2) is 0 Å². The molecule has 0 spiro atoms. The Kier molecular flexibility index (Phi) is 4.37. The normalized spacial score (nSPS) is 21.3. The zero-order valence-corrected chi connectivity index (χ0v) is 12.5. The van der Waals surface area contributed by atoms with Crippen LogP contribution in [-0.2, 0) is 10.0 Å². The molecule has 1 aliphatic rings. The summed E-state index contributed by atoms with van der Waals surface area (Å²) >= 11 is 3.25. The molecule has 1 unspecified atom stereocenters. The summed E-state index contributed by atoms with van der Waals surface area (Å²) < 4.78 is 27.3. The summed E-state index contributed by atoms with van der Waals surface area (Å²) in [4.78, 5) is 4.17. The van der Waals surface area contributed by atoms with Crippen molar-refractivity contribution in [2.75, 3.05) is 20.1 Å². The van der Waals surface area contributed by atoms with E-state index in [9.17, 15) is 8.42 Å². The van der Waals surface area contributed by atoms with Crippen LogP contribution in [0.2, 0.25) is 0 Å². The number of sulfonamides is 1. The van der Waals surface area contributed by atoms with Gasteiger partial charge in [0.05, 0.1) is 0 Å². The van der Waals surface area contributed by atoms with Gasteiger partial charge in [-0.2, -0.15) is 4.31 Å². The number of rotatable bonds is 4. The van der Waals surface area contributed by atoms with Crippen molar-refractivity contribution in [3.8, 4) is 0 Å². The first-order valence-electron chi connectivity index (χ1n) is 5.82. The summed E-state index contributed by atoms with van der Waals surface area (Å²) in [6.45, 7) is 1.27. The minimum Gasteiger partial charge on any atom is -0.318 e. The Morgan fingerprint density at radius 3 is 3.00 bits per heavy atom. The lowest BCUT2D eigenvalue weighted by Crippen LogP contribution is -2.40. The lowest BCUT2D eigenvalue weighted by Gasteiger charge is -2.23. The first kappa shape index (κ1) is 13.9. The van der Waals surface area contributed by atoms with E-state index in [4.69, 9.17) is 0 Å². The van der Waals surface area contributed by atoms with Crippen molar-refractivity contribution >= 4 is 26.0 Å². The first-order valence-corrected chi connectivity index (χ1v) is 8.06. The summed E-state index contributed by atoms with van der Waals surface area (Å²) in [7, 11) is -1.59. The molecule has 0 saturated carbocycles. The summed E-state index contributed by atoms with van der Waals surface area (Å²) in [5.41, 5.74) is 0. The second kappa shape index (κ2) is 5.64. The van der Waals surface area contributed by atoms with E-state index in [1.165, 1.54) is 6.20 Å². The Bertz CT molecular complexity index is 521. The second-order valence-electron chi connectivity index (χ2n) is 4.31. The molecule has 0 amide bonds. The Hall–Kier alpha value is -0.500. The van der Waals surface area contributed by atoms with Crippen LogP contribution < -0.4 is 5.32 Å². The summed E-state index contributed by atoms with van der Waals surface area (Å²) in [5, 5.41) is 3.04. The summed E-state index contributed by atoms with van der Waals surface area (Å²) in [5.74, 6) is 0. The molecule has 1 fully saturated rings. The topological polar surface area (TPSA) is 62.3 Å². The molecule has 1 aromatic heterocycles. The third-order valence-electron chi connectivity index (χ3n) is 3.05. The van der Waals surface area contributed by atoms with Crippen molar-refractivity contribution in [1.29, 1.82) is 0 Å². The smallest absolute Gasteiger partial charge is 0.244 e. The van der Waals surface area contributed by atoms with Crippen molar-refractivity contribution in [2.45, 2.75) is 23.8 Å². The third-order valence-corrected chi connectivity index (χ3v) is 5.40. The van der Waals surface area contributed by atoms with Crippen LogP contribution in [0.3, 0.4) is 0 Å². The number of likely N-dealkylation sites (N-methyl/N-ethyl adjacent to an activating group) is 1. The molecule has 2 rings (SSSR count). The maximum absolute atomic E-state index is 12.5. The lowest BCUT2D eigenvalue weighted by atomic mass is 10.2. The predicted octanol–water partition coefficient (Wildman–Crippen LogP) is 1.22. The number of hydrogen-bond acceptors (Lipinski definition) is 4. The van der Waals surface area contributed by atoms with E-state index in [1.807, 2.05) is 7.05 Å². The largest absolute Gasteiger partial charge is 0.318 e. The molecule has 1 aliphatic heterocycles. The van der Waals surface area contributed by atoms with Crippen LogP contribution in [0.25, 0.3) is 0 Å². The molecule has 1 saturated heterocycles. The molecule has 0 bridgehead atoms. The van der Waals surface area contributed by atoms with Crippen LogP contribution in [0.1, 0.15) is 12.8 Å². The Morgan fingerprint density at radius 1 is 1.56 bits per heavy atom. The molecule has 5 nitrogen and oxygen atoms in total. The molecular weight excluding hydrogens is 318 g/mol. The average molecular weight is 334 g/mol. The molecule has 0 aromatic carbocycles. The highest BCUT2D eigenvalue weighted by atomic mass is 79.9. The number of aromatic nitrogens is 1. The highest BCUT2D eigenvalue weighted by molar-refractivity contribution is 9.10. The fourth-order valence-electron chi connectivity index (χ4n) is 2.23. The fraction of sp³-hybridized carbons (Fsp3) is 0.545. The van der Waals surface area contributed by atoms with Gasteiger partial charge in [0.25, 0.3) is 0 Å². The van der Waals surface area contributed by atoms with Crippen LogP contribution in [0, 0.1) is 0 Å². The maximum atomic E-state index is 12.5. The van der Waals surface area contributed by atoms with Gasteiger partial charge < -0.3 is 5.32 Å². The molecule has 1 N–H and O–H groups in total. The quantitative estimate of drug-likeness (QED) is 0.899. The van der Waals surface area contributed by atoms with Gasteiger partial charge in [-0.3, -0.25) is 4.98 Å². The number of nitrogens with one attached hydrogen (secondary N) is 1. The molecule has 7 heteroatoms. The molecule has 18 heavy (non-hydrogen) atoms. The zero-order valence-electron chi connectivity index (χ0n) is 10.1. The van der Waals surface area contributed by atoms with Crippen molar-refractivity contribution in [2.24, 2.45) is 0 Å². The molecule has 2 heterocycles. The predicted molar refractivity (Wildman–Crippen MR) is 72.8 cm³/mol. The van der Waals surface area contributed by atoms with Gasteiger partial charge in [0.1, 0.15) is 4.90 Å². The standard InChI is InChI=1S/C11H16BrN3O2S/c1-13-7-10-3-2-4-15(10)18(16,17)11-5-9(12)6-14-8-11/h5-6,8,10,13H,2-4,7H2,1H3. The Morgan fingerprint density at radius 2 is 2.33 bits per heavy atom. The number of pyridine rings is 1. The van der Waals surface area contributed by atoms with Gasteiger partial charge in [-0.25, -0.2) is 8.42 Å². The maximum Gasteiger partial charge on any atom is 0.244 e. The average Bonchev–Trinajstić information content (AvgIpc) is 2.78. The van der Waals surface area contributed by atoms with E-state index >= 15 is 0 Å². The van der Waals surface area contributed by atoms with Gasteiger partial charge in [-0.05, 0) is 41.9 Å². The highest BCUT2D eigenvalue weighted by Gasteiger charge is 2.34. The summed E-state index contributed by atoms with van der Waals surface area (Å²) in [6.07, 6.45) is 4.79. The zero-order chi connectivity index (χ0) is 13.2.